The van der Waals surface area contributed by atoms with E-state index >= 15 is 0 Å². The molecule has 0 aliphatic heterocycles. The van der Waals surface area contributed by atoms with Gasteiger partial charge in [0.1, 0.15) is 0 Å². The predicted octanol–water partition coefficient (Wildman–Crippen LogP) is 3.33. The summed E-state index contributed by atoms with van der Waals surface area (Å²) < 4.78 is 75.7. The van der Waals surface area contributed by atoms with Crippen LogP contribution in [0.15, 0.2) is 11.6 Å². The van der Waals surface area contributed by atoms with E-state index in [1.165, 1.54) is 0 Å². The lowest BCUT2D eigenvalue weighted by Crippen LogP contribution is -2.52. The van der Waals surface area contributed by atoms with Gasteiger partial charge in [0.15, 0.2) is 0 Å². The molecule has 0 saturated carbocycles. The Morgan fingerprint density at radius 1 is 1.18 bits per heavy atom. The van der Waals surface area contributed by atoms with Crippen LogP contribution in [-0.2, 0) is 4.79 Å². The summed E-state index contributed by atoms with van der Waals surface area (Å²) in [5.74, 6) is -17.1. The van der Waals surface area contributed by atoms with E-state index in [4.69, 9.17) is 5.11 Å². The summed E-state index contributed by atoms with van der Waals surface area (Å²) in [4.78, 5) is 10.2. The summed E-state index contributed by atoms with van der Waals surface area (Å²) in [5, 5.41) is 8.29. The summed E-state index contributed by atoms with van der Waals surface area (Å²) in [6, 6.07) is 0. The number of carboxylic acids is 1. The molecule has 0 saturated heterocycles. The minimum absolute atomic E-state index is 0.280. The van der Waals surface area contributed by atoms with E-state index in [1.54, 1.807) is 0 Å². The predicted molar refractivity (Wildman–Crippen MR) is 46.5 cm³/mol. The lowest BCUT2D eigenvalue weighted by atomic mass is 10.0. The van der Waals surface area contributed by atoms with Crippen molar-refractivity contribution in [1.82, 2.24) is 0 Å². The molecule has 0 aromatic heterocycles. The van der Waals surface area contributed by atoms with Crippen molar-refractivity contribution in [3.8, 4) is 0 Å². The standard InChI is InChI=1S/C9H10F6O2/c1-5(6(16)17)3-4-8(12,13)9(14,15)7(2,10)11/h3H,4H2,1-2H3,(H,16,17). The summed E-state index contributed by atoms with van der Waals surface area (Å²) in [5.41, 5.74) is -0.625. The van der Waals surface area contributed by atoms with Crippen molar-refractivity contribution in [3.05, 3.63) is 11.6 Å². The molecule has 17 heavy (non-hydrogen) atoms. The number of allylic oxidation sites excluding steroid dienone is 1. The van der Waals surface area contributed by atoms with E-state index in [0.717, 1.165) is 6.92 Å². The molecule has 0 aliphatic rings. The van der Waals surface area contributed by atoms with Gasteiger partial charge in [-0.15, -0.1) is 0 Å². The van der Waals surface area contributed by atoms with E-state index in [-0.39, 0.29) is 13.0 Å². The highest BCUT2D eigenvalue weighted by molar-refractivity contribution is 5.85. The first-order chi connectivity index (χ1) is 7.33. The van der Waals surface area contributed by atoms with Gasteiger partial charge >= 0.3 is 23.7 Å². The van der Waals surface area contributed by atoms with Crippen LogP contribution < -0.4 is 0 Å². The Morgan fingerprint density at radius 3 is 1.88 bits per heavy atom. The fraction of sp³-hybridized carbons (Fsp3) is 0.667. The maximum atomic E-state index is 12.9. The average molecular weight is 264 g/mol. The van der Waals surface area contributed by atoms with Gasteiger partial charge in [-0.3, -0.25) is 0 Å². The molecule has 0 atom stereocenters. The van der Waals surface area contributed by atoms with Crippen LogP contribution in [0.1, 0.15) is 20.3 Å². The number of hydrogen-bond donors (Lipinski definition) is 1. The number of aliphatic carboxylic acids is 1. The van der Waals surface area contributed by atoms with Gasteiger partial charge in [0, 0.05) is 18.9 Å². The maximum absolute atomic E-state index is 12.9. The number of rotatable bonds is 5. The molecule has 0 rings (SSSR count). The molecule has 0 aromatic rings. The molecule has 100 valence electrons. The van der Waals surface area contributed by atoms with Crippen LogP contribution in [0.2, 0.25) is 0 Å². The van der Waals surface area contributed by atoms with Crippen LogP contribution in [0, 0.1) is 0 Å². The fourth-order valence-electron chi connectivity index (χ4n) is 0.818. The molecule has 0 heterocycles. The smallest absolute Gasteiger partial charge is 0.371 e. The third-order valence-electron chi connectivity index (χ3n) is 2.01. The van der Waals surface area contributed by atoms with Crippen molar-refractivity contribution >= 4 is 5.97 Å². The molecule has 0 fully saturated rings. The van der Waals surface area contributed by atoms with E-state index in [1.807, 2.05) is 0 Å². The topological polar surface area (TPSA) is 37.3 Å². The molecular formula is C9H10F6O2. The Balaban J connectivity index is 5.05. The van der Waals surface area contributed by atoms with Gasteiger partial charge in [-0.25, -0.2) is 4.79 Å². The Hall–Kier alpha value is -1.21. The largest absolute Gasteiger partial charge is 0.478 e. The highest BCUT2D eigenvalue weighted by Gasteiger charge is 2.68. The van der Waals surface area contributed by atoms with Crippen LogP contribution in [0.3, 0.4) is 0 Å². The Morgan fingerprint density at radius 2 is 1.59 bits per heavy atom. The molecule has 0 aliphatic carbocycles. The number of halogens is 6. The van der Waals surface area contributed by atoms with Gasteiger partial charge < -0.3 is 5.11 Å². The van der Waals surface area contributed by atoms with Gasteiger partial charge in [0.05, 0.1) is 0 Å². The van der Waals surface area contributed by atoms with E-state index < -0.39 is 35.7 Å². The fourth-order valence-corrected chi connectivity index (χ4v) is 0.818. The van der Waals surface area contributed by atoms with Gasteiger partial charge in [0.25, 0.3) is 0 Å². The van der Waals surface area contributed by atoms with Gasteiger partial charge in [-0.1, -0.05) is 6.08 Å². The quantitative estimate of drug-likeness (QED) is 0.610. The molecule has 2 nitrogen and oxygen atoms in total. The molecule has 1 N–H and O–H groups in total. The summed E-state index contributed by atoms with van der Waals surface area (Å²) >= 11 is 0. The second-order valence-electron chi connectivity index (χ2n) is 3.56. The van der Waals surface area contributed by atoms with Crippen molar-refractivity contribution in [2.75, 3.05) is 0 Å². The first-order valence-corrected chi connectivity index (χ1v) is 4.36. The zero-order chi connectivity index (χ0) is 14.1. The SMILES string of the molecule is CC(=CCC(F)(F)C(F)(F)C(C)(F)F)C(=O)O. The summed E-state index contributed by atoms with van der Waals surface area (Å²) in [7, 11) is 0. The second kappa shape index (κ2) is 4.58. The number of carboxylic acid groups (broad SMARTS) is 1. The lowest BCUT2D eigenvalue weighted by molar-refractivity contribution is -0.301. The highest BCUT2D eigenvalue weighted by atomic mass is 19.3. The lowest BCUT2D eigenvalue weighted by Gasteiger charge is -2.30. The molecule has 0 spiro atoms. The normalized spacial score (nSPS) is 14.9. The number of carbonyl (C=O) groups is 1. The maximum Gasteiger partial charge on any atom is 0.371 e. The third-order valence-corrected chi connectivity index (χ3v) is 2.01. The van der Waals surface area contributed by atoms with Crippen LogP contribution in [-0.4, -0.2) is 28.8 Å². The molecule has 8 heteroatoms. The molecule has 0 bridgehead atoms. The third kappa shape index (κ3) is 3.37. The molecule has 0 unspecified atom stereocenters. The molecular weight excluding hydrogens is 254 g/mol. The van der Waals surface area contributed by atoms with Crippen molar-refractivity contribution in [2.45, 2.75) is 38.0 Å². The Bertz CT molecular complexity index is 329. The van der Waals surface area contributed by atoms with E-state index in [9.17, 15) is 31.1 Å². The minimum Gasteiger partial charge on any atom is -0.478 e. The van der Waals surface area contributed by atoms with Crippen molar-refractivity contribution < 1.29 is 36.2 Å². The van der Waals surface area contributed by atoms with E-state index in [2.05, 4.69) is 0 Å². The monoisotopic (exact) mass is 264 g/mol. The van der Waals surface area contributed by atoms with Gasteiger partial charge in [-0.05, 0) is 6.92 Å². The van der Waals surface area contributed by atoms with Crippen LogP contribution in [0.5, 0.6) is 0 Å². The average Bonchev–Trinajstić information content (AvgIpc) is 2.11. The van der Waals surface area contributed by atoms with Crippen molar-refractivity contribution in [3.63, 3.8) is 0 Å². The van der Waals surface area contributed by atoms with Gasteiger partial charge in [-0.2, -0.15) is 26.3 Å². The Kier molecular flexibility index (Phi) is 4.25. The zero-order valence-corrected chi connectivity index (χ0v) is 8.91. The molecule has 0 radical (unpaired) electrons. The molecule has 0 amide bonds. The van der Waals surface area contributed by atoms with Crippen molar-refractivity contribution in [1.29, 1.82) is 0 Å². The number of alkyl halides is 6. The Labute approximate surface area is 92.9 Å². The minimum atomic E-state index is -5.55. The second-order valence-corrected chi connectivity index (χ2v) is 3.56. The first kappa shape index (κ1) is 15.8. The van der Waals surface area contributed by atoms with E-state index in [0.29, 0.717) is 0 Å². The van der Waals surface area contributed by atoms with Crippen LogP contribution in [0.4, 0.5) is 26.3 Å². The summed E-state index contributed by atoms with van der Waals surface area (Å²) in [6.07, 6.45) is -1.50. The van der Waals surface area contributed by atoms with Crippen molar-refractivity contribution in [2.24, 2.45) is 0 Å². The summed E-state index contributed by atoms with van der Waals surface area (Å²) in [6.45, 7) is 0.565. The first-order valence-electron chi connectivity index (χ1n) is 4.36. The van der Waals surface area contributed by atoms with Gasteiger partial charge in [0.2, 0.25) is 0 Å². The zero-order valence-electron chi connectivity index (χ0n) is 8.91. The number of hydrogen-bond acceptors (Lipinski definition) is 1. The highest BCUT2D eigenvalue weighted by Crippen LogP contribution is 2.47. The van der Waals surface area contributed by atoms with Crippen LogP contribution >= 0.6 is 0 Å². The molecule has 0 aromatic carbocycles. The van der Waals surface area contributed by atoms with Crippen LogP contribution in [0.25, 0.3) is 0 Å².